The molecular weight excluding hydrogens is 230 g/mol. The predicted molar refractivity (Wildman–Crippen MR) is 81.2 cm³/mol. The van der Waals surface area contributed by atoms with Gasteiger partial charge in [-0.05, 0) is 44.9 Å². The summed E-state index contributed by atoms with van der Waals surface area (Å²) in [7, 11) is 0. The molecule has 1 unspecified atom stereocenters. The SMILES string of the molecule is Cc1cccc(C2=NC(C)Cc3ccc(C)cc32)c1. The molecule has 0 radical (unpaired) electrons. The second-order valence-corrected chi connectivity index (χ2v) is 5.56. The van der Waals surface area contributed by atoms with Crippen LogP contribution < -0.4 is 0 Å². The molecule has 1 heterocycles. The standard InChI is InChI=1S/C18H19N/c1-12-5-4-6-16(9-12)18-17-10-13(2)7-8-15(17)11-14(3)19-18/h4-10,14H,11H2,1-3H3. The van der Waals surface area contributed by atoms with Gasteiger partial charge in [0.25, 0.3) is 0 Å². The van der Waals surface area contributed by atoms with Gasteiger partial charge in [0.05, 0.1) is 11.8 Å². The van der Waals surface area contributed by atoms with Gasteiger partial charge in [0, 0.05) is 11.1 Å². The van der Waals surface area contributed by atoms with Gasteiger partial charge in [0.15, 0.2) is 0 Å². The number of hydrogen-bond acceptors (Lipinski definition) is 1. The minimum absolute atomic E-state index is 0.366. The van der Waals surface area contributed by atoms with Crippen LogP contribution in [-0.2, 0) is 6.42 Å². The lowest BCUT2D eigenvalue weighted by atomic mass is 9.89. The van der Waals surface area contributed by atoms with E-state index in [1.54, 1.807) is 0 Å². The molecule has 2 aromatic rings. The molecule has 2 aromatic carbocycles. The van der Waals surface area contributed by atoms with E-state index in [9.17, 15) is 0 Å². The van der Waals surface area contributed by atoms with Gasteiger partial charge in [0.2, 0.25) is 0 Å². The third kappa shape index (κ3) is 2.33. The molecule has 3 rings (SSSR count). The van der Waals surface area contributed by atoms with Gasteiger partial charge in [-0.2, -0.15) is 0 Å². The molecule has 96 valence electrons. The molecular formula is C18H19N. The van der Waals surface area contributed by atoms with E-state index in [-0.39, 0.29) is 0 Å². The molecule has 0 amide bonds. The van der Waals surface area contributed by atoms with Crippen LogP contribution in [0.2, 0.25) is 0 Å². The quantitative estimate of drug-likeness (QED) is 0.722. The van der Waals surface area contributed by atoms with E-state index in [1.807, 2.05) is 0 Å². The minimum atomic E-state index is 0.366. The number of aryl methyl sites for hydroxylation is 2. The molecule has 0 saturated heterocycles. The molecule has 1 heteroatoms. The van der Waals surface area contributed by atoms with E-state index in [4.69, 9.17) is 4.99 Å². The van der Waals surface area contributed by atoms with E-state index < -0.39 is 0 Å². The molecule has 1 atom stereocenters. The van der Waals surface area contributed by atoms with E-state index in [0.29, 0.717) is 6.04 Å². The third-order valence-corrected chi connectivity index (χ3v) is 3.68. The molecule has 1 nitrogen and oxygen atoms in total. The van der Waals surface area contributed by atoms with Gasteiger partial charge in [0.1, 0.15) is 0 Å². The Labute approximate surface area is 115 Å². The highest BCUT2D eigenvalue weighted by molar-refractivity contribution is 6.14. The van der Waals surface area contributed by atoms with Crippen molar-refractivity contribution in [2.75, 3.05) is 0 Å². The second kappa shape index (κ2) is 4.65. The first kappa shape index (κ1) is 12.2. The van der Waals surface area contributed by atoms with Crippen molar-refractivity contribution < 1.29 is 0 Å². The Bertz CT molecular complexity index is 652. The second-order valence-electron chi connectivity index (χ2n) is 5.56. The number of benzene rings is 2. The molecule has 0 aliphatic carbocycles. The van der Waals surface area contributed by atoms with Gasteiger partial charge in [-0.15, -0.1) is 0 Å². The molecule has 19 heavy (non-hydrogen) atoms. The number of rotatable bonds is 1. The Kier molecular flexibility index (Phi) is 2.98. The van der Waals surface area contributed by atoms with Crippen molar-refractivity contribution in [2.24, 2.45) is 4.99 Å². The maximum atomic E-state index is 4.89. The van der Waals surface area contributed by atoms with Gasteiger partial charge >= 0.3 is 0 Å². The summed E-state index contributed by atoms with van der Waals surface area (Å²) in [6.45, 7) is 6.47. The summed E-state index contributed by atoms with van der Waals surface area (Å²) in [5.41, 5.74) is 7.70. The highest BCUT2D eigenvalue weighted by atomic mass is 14.8. The lowest BCUT2D eigenvalue weighted by molar-refractivity contribution is 0.727. The van der Waals surface area contributed by atoms with Gasteiger partial charge in [-0.3, -0.25) is 4.99 Å². The van der Waals surface area contributed by atoms with Crippen LogP contribution in [0.4, 0.5) is 0 Å². The highest BCUT2D eigenvalue weighted by Gasteiger charge is 2.19. The van der Waals surface area contributed by atoms with E-state index in [2.05, 4.69) is 63.2 Å². The maximum absolute atomic E-state index is 4.89. The number of nitrogens with zero attached hydrogens (tertiary/aromatic N) is 1. The largest absolute Gasteiger partial charge is 0.281 e. The van der Waals surface area contributed by atoms with Crippen LogP contribution in [0.15, 0.2) is 47.5 Å². The topological polar surface area (TPSA) is 12.4 Å². The first-order valence-corrected chi connectivity index (χ1v) is 6.88. The van der Waals surface area contributed by atoms with E-state index in [1.165, 1.54) is 27.8 Å². The van der Waals surface area contributed by atoms with Crippen LogP contribution in [0.3, 0.4) is 0 Å². The minimum Gasteiger partial charge on any atom is -0.281 e. The average molecular weight is 249 g/mol. The van der Waals surface area contributed by atoms with Crippen molar-refractivity contribution in [3.8, 4) is 0 Å². The van der Waals surface area contributed by atoms with Gasteiger partial charge in [-0.25, -0.2) is 0 Å². The summed E-state index contributed by atoms with van der Waals surface area (Å²) >= 11 is 0. The summed E-state index contributed by atoms with van der Waals surface area (Å²) in [5, 5.41) is 0. The van der Waals surface area contributed by atoms with Crippen LogP contribution in [0.5, 0.6) is 0 Å². The Hall–Kier alpha value is -1.89. The normalized spacial score (nSPS) is 17.8. The molecule has 0 N–H and O–H groups in total. The summed E-state index contributed by atoms with van der Waals surface area (Å²) in [6.07, 6.45) is 1.05. The summed E-state index contributed by atoms with van der Waals surface area (Å²) < 4.78 is 0. The van der Waals surface area contributed by atoms with Gasteiger partial charge in [-0.1, -0.05) is 41.5 Å². The van der Waals surface area contributed by atoms with Crippen molar-refractivity contribution in [3.05, 3.63) is 70.3 Å². The summed E-state index contributed by atoms with van der Waals surface area (Å²) in [4.78, 5) is 4.89. The van der Waals surface area contributed by atoms with Crippen molar-refractivity contribution in [1.82, 2.24) is 0 Å². The smallest absolute Gasteiger partial charge is 0.0725 e. The van der Waals surface area contributed by atoms with Crippen molar-refractivity contribution in [2.45, 2.75) is 33.2 Å². The first-order valence-electron chi connectivity index (χ1n) is 6.88. The van der Waals surface area contributed by atoms with Crippen LogP contribution in [0.1, 0.15) is 34.7 Å². The number of hydrogen-bond donors (Lipinski definition) is 0. The Balaban J connectivity index is 2.17. The Morgan fingerprint density at radius 3 is 2.58 bits per heavy atom. The number of fused-ring (bicyclic) bond motifs is 1. The summed E-state index contributed by atoms with van der Waals surface area (Å²) in [5.74, 6) is 0. The third-order valence-electron chi connectivity index (χ3n) is 3.68. The zero-order chi connectivity index (χ0) is 13.4. The fourth-order valence-electron chi connectivity index (χ4n) is 2.76. The Morgan fingerprint density at radius 1 is 1.00 bits per heavy atom. The lowest BCUT2D eigenvalue weighted by Crippen LogP contribution is -2.19. The van der Waals surface area contributed by atoms with Crippen molar-refractivity contribution in [3.63, 3.8) is 0 Å². The van der Waals surface area contributed by atoms with Crippen molar-refractivity contribution in [1.29, 1.82) is 0 Å². The van der Waals surface area contributed by atoms with Crippen molar-refractivity contribution >= 4 is 5.71 Å². The molecule has 0 saturated carbocycles. The van der Waals surface area contributed by atoms with Crippen LogP contribution in [-0.4, -0.2) is 11.8 Å². The molecule has 0 bridgehead atoms. The summed E-state index contributed by atoms with van der Waals surface area (Å²) in [6, 6.07) is 15.7. The zero-order valence-corrected chi connectivity index (χ0v) is 11.8. The number of aliphatic imine (C=N–C) groups is 1. The molecule has 0 spiro atoms. The molecule has 1 aliphatic heterocycles. The fraction of sp³-hybridized carbons (Fsp3) is 0.278. The predicted octanol–water partition coefficient (Wildman–Crippen LogP) is 4.09. The van der Waals surface area contributed by atoms with Crippen LogP contribution in [0, 0.1) is 13.8 Å². The van der Waals surface area contributed by atoms with Crippen LogP contribution in [0.25, 0.3) is 0 Å². The first-order chi connectivity index (χ1) is 9.13. The maximum Gasteiger partial charge on any atom is 0.0725 e. The molecule has 1 aliphatic rings. The van der Waals surface area contributed by atoms with Crippen LogP contribution >= 0.6 is 0 Å². The lowest BCUT2D eigenvalue weighted by Gasteiger charge is -2.22. The average Bonchev–Trinajstić information content (AvgIpc) is 2.38. The molecule has 0 fully saturated rings. The van der Waals surface area contributed by atoms with E-state index in [0.717, 1.165) is 12.1 Å². The highest BCUT2D eigenvalue weighted by Crippen LogP contribution is 2.24. The Morgan fingerprint density at radius 2 is 1.79 bits per heavy atom. The zero-order valence-electron chi connectivity index (χ0n) is 11.8. The fourth-order valence-corrected chi connectivity index (χ4v) is 2.76. The monoisotopic (exact) mass is 249 g/mol. The van der Waals surface area contributed by atoms with E-state index >= 15 is 0 Å². The van der Waals surface area contributed by atoms with Gasteiger partial charge < -0.3 is 0 Å². The molecule has 0 aromatic heterocycles.